The van der Waals surface area contributed by atoms with E-state index in [2.05, 4.69) is 4.99 Å². The van der Waals surface area contributed by atoms with Crippen LogP contribution in [0.15, 0.2) is 34.6 Å². The number of nitrogens with zero attached hydrogens (tertiary/aromatic N) is 3. The average molecular weight is 247 g/mol. The second kappa shape index (κ2) is 5.55. The van der Waals surface area contributed by atoms with Crippen molar-refractivity contribution < 1.29 is 5.11 Å². The molecule has 0 bridgehead atoms. The lowest BCUT2D eigenvalue weighted by atomic mass is 10.2. The first-order chi connectivity index (χ1) is 8.08. The molecule has 3 N–H and O–H groups in total. The molecule has 0 saturated heterocycles. The Hall–Kier alpha value is -2.50. The summed E-state index contributed by atoms with van der Waals surface area (Å²) in [5.74, 6) is -0.0361. The molecule has 0 saturated carbocycles. The van der Waals surface area contributed by atoms with E-state index in [-0.39, 0.29) is 17.1 Å². The van der Waals surface area contributed by atoms with Crippen LogP contribution in [0.4, 0.5) is 0 Å². The van der Waals surface area contributed by atoms with Gasteiger partial charge in [-0.2, -0.15) is 10.5 Å². The maximum Gasteiger partial charge on any atom is 0.174 e. The molecule has 1 aromatic rings. The summed E-state index contributed by atoms with van der Waals surface area (Å²) in [6.07, 6.45) is 1.21. The Kier molecular flexibility index (Phi) is 4.10. The molecule has 0 aliphatic rings. The van der Waals surface area contributed by atoms with Crippen molar-refractivity contribution in [1.29, 1.82) is 10.5 Å². The van der Waals surface area contributed by atoms with Gasteiger partial charge in [0.15, 0.2) is 5.70 Å². The zero-order valence-corrected chi connectivity index (χ0v) is 9.31. The van der Waals surface area contributed by atoms with Gasteiger partial charge in [0.05, 0.1) is 0 Å². The van der Waals surface area contributed by atoms with Gasteiger partial charge in [0.2, 0.25) is 0 Å². The summed E-state index contributed by atoms with van der Waals surface area (Å²) in [5, 5.41) is 27.1. The van der Waals surface area contributed by atoms with Gasteiger partial charge in [-0.3, -0.25) is 0 Å². The molecule has 0 atom stereocenters. The first-order valence-electron chi connectivity index (χ1n) is 4.41. The van der Waals surface area contributed by atoms with Crippen LogP contribution >= 0.6 is 11.6 Å². The van der Waals surface area contributed by atoms with E-state index in [4.69, 9.17) is 27.9 Å². The van der Waals surface area contributed by atoms with E-state index in [1.54, 1.807) is 12.1 Å². The third-order valence-electron chi connectivity index (χ3n) is 1.80. The molecule has 0 aliphatic heterocycles. The van der Waals surface area contributed by atoms with Gasteiger partial charge >= 0.3 is 0 Å². The van der Waals surface area contributed by atoms with E-state index in [1.807, 2.05) is 0 Å². The number of phenols is 1. The SMILES string of the molecule is N#C/C(N)=C(/C#N)N=Cc1cc(Cl)ccc1O. The molecule has 1 rings (SSSR count). The lowest BCUT2D eigenvalue weighted by Crippen LogP contribution is -1.97. The monoisotopic (exact) mass is 246 g/mol. The molecule has 6 heteroatoms. The molecule has 84 valence electrons. The number of rotatable bonds is 2. The van der Waals surface area contributed by atoms with E-state index in [0.717, 1.165) is 0 Å². The fourth-order valence-electron chi connectivity index (χ4n) is 0.974. The Labute approximate surface area is 103 Å². The molecular formula is C11H7ClN4O. The van der Waals surface area contributed by atoms with Crippen LogP contribution in [0.5, 0.6) is 5.75 Å². The maximum absolute atomic E-state index is 9.47. The van der Waals surface area contributed by atoms with Crippen molar-refractivity contribution in [3.8, 4) is 17.9 Å². The Morgan fingerprint density at radius 1 is 1.41 bits per heavy atom. The number of aliphatic imine (C=N–C) groups is 1. The van der Waals surface area contributed by atoms with Gasteiger partial charge in [-0.15, -0.1) is 0 Å². The summed E-state index contributed by atoms with van der Waals surface area (Å²) < 4.78 is 0. The highest BCUT2D eigenvalue weighted by Gasteiger charge is 2.02. The molecule has 0 radical (unpaired) electrons. The summed E-state index contributed by atoms with van der Waals surface area (Å²) in [6, 6.07) is 7.67. The summed E-state index contributed by atoms with van der Waals surface area (Å²) in [4.78, 5) is 3.71. The first kappa shape index (κ1) is 12.6. The van der Waals surface area contributed by atoms with Crippen LogP contribution in [0.2, 0.25) is 5.02 Å². The summed E-state index contributed by atoms with van der Waals surface area (Å²) >= 11 is 5.73. The van der Waals surface area contributed by atoms with E-state index in [9.17, 15) is 5.11 Å². The van der Waals surface area contributed by atoms with Crippen molar-refractivity contribution >= 4 is 17.8 Å². The van der Waals surface area contributed by atoms with Gasteiger partial charge < -0.3 is 10.8 Å². The normalized spacial score (nSPS) is 11.7. The van der Waals surface area contributed by atoms with Crippen molar-refractivity contribution in [2.75, 3.05) is 0 Å². The van der Waals surface area contributed by atoms with Crippen LogP contribution in [0.1, 0.15) is 5.56 Å². The number of aromatic hydroxyl groups is 1. The maximum atomic E-state index is 9.47. The second-order valence-electron chi connectivity index (χ2n) is 2.95. The van der Waals surface area contributed by atoms with E-state index < -0.39 is 0 Å². The molecule has 0 spiro atoms. The minimum atomic E-state index is -0.287. The van der Waals surface area contributed by atoms with E-state index >= 15 is 0 Å². The van der Waals surface area contributed by atoms with Gasteiger partial charge in [-0.05, 0) is 18.2 Å². The number of allylic oxidation sites excluding steroid dienone is 2. The Bertz CT molecular complexity index is 578. The molecule has 0 aliphatic carbocycles. The molecule has 1 aromatic carbocycles. The number of halogens is 1. The minimum Gasteiger partial charge on any atom is -0.507 e. The first-order valence-corrected chi connectivity index (χ1v) is 4.78. The number of nitrogens with two attached hydrogens (primary N) is 1. The van der Waals surface area contributed by atoms with E-state index in [0.29, 0.717) is 10.6 Å². The molecule has 0 heterocycles. The quantitative estimate of drug-likeness (QED) is 0.611. The summed E-state index contributed by atoms with van der Waals surface area (Å²) in [7, 11) is 0. The molecule has 0 fully saturated rings. The number of hydrogen-bond acceptors (Lipinski definition) is 5. The Morgan fingerprint density at radius 2 is 2.12 bits per heavy atom. The fourth-order valence-corrected chi connectivity index (χ4v) is 1.16. The number of nitriles is 2. The van der Waals surface area contributed by atoms with Crippen LogP contribution in [0.3, 0.4) is 0 Å². The number of hydrogen-bond donors (Lipinski definition) is 2. The number of phenolic OH excluding ortho intramolecular Hbond substituents is 1. The molecule has 5 nitrogen and oxygen atoms in total. The second-order valence-corrected chi connectivity index (χ2v) is 3.38. The fraction of sp³-hybridized carbons (Fsp3) is 0. The molecule has 0 amide bonds. The van der Waals surface area contributed by atoms with Crippen molar-refractivity contribution in [3.63, 3.8) is 0 Å². The third kappa shape index (κ3) is 3.23. The van der Waals surface area contributed by atoms with Crippen molar-refractivity contribution in [2.24, 2.45) is 10.7 Å². The topological polar surface area (TPSA) is 106 Å². The minimum absolute atomic E-state index is 0.0361. The van der Waals surface area contributed by atoms with Gasteiger partial charge in [-0.25, -0.2) is 4.99 Å². The summed E-state index contributed by atoms with van der Waals surface area (Å²) in [6.45, 7) is 0. The van der Waals surface area contributed by atoms with Gasteiger partial charge in [-0.1, -0.05) is 11.6 Å². The van der Waals surface area contributed by atoms with Gasteiger partial charge in [0.1, 0.15) is 23.6 Å². The van der Waals surface area contributed by atoms with Gasteiger partial charge in [0, 0.05) is 16.8 Å². The van der Waals surface area contributed by atoms with Crippen LogP contribution < -0.4 is 5.73 Å². The molecule has 0 aromatic heterocycles. The zero-order valence-electron chi connectivity index (χ0n) is 8.55. The standard InChI is InChI=1S/C11H7ClN4O/c12-8-1-2-11(17)7(3-8)6-16-10(5-14)9(15)4-13/h1-3,6,17H,15H2/b10-9+,16-6?. The molecule has 0 unspecified atom stereocenters. The predicted molar refractivity (Wildman–Crippen MR) is 63.2 cm³/mol. The van der Waals surface area contributed by atoms with Crippen molar-refractivity contribution in [3.05, 3.63) is 40.2 Å². The van der Waals surface area contributed by atoms with Crippen LogP contribution in [-0.2, 0) is 0 Å². The van der Waals surface area contributed by atoms with Crippen molar-refractivity contribution in [2.45, 2.75) is 0 Å². The Balaban J connectivity index is 3.12. The zero-order chi connectivity index (χ0) is 12.8. The Morgan fingerprint density at radius 3 is 2.71 bits per heavy atom. The third-order valence-corrected chi connectivity index (χ3v) is 2.04. The highest BCUT2D eigenvalue weighted by atomic mass is 35.5. The lowest BCUT2D eigenvalue weighted by Gasteiger charge is -1.98. The van der Waals surface area contributed by atoms with Gasteiger partial charge in [0.25, 0.3) is 0 Å². The predicted octanol–water partition coefficient (Wildman–Crippen LogP) is 1.68. The van der Waals surface area contributed by atoms with Crippen LogP contribution in [-0.4, -0.2) is 11.3 Å². The van der Waals surface area contributed by atoms with Crippen LogP contribution in [0, 0.1) is 22.7 Å². The molecule has 17 heavy (non-hydrogen) atoms. The summed E-state index contributed by atoms with van der Waals surface area (Å²) in [5.41, 5.74) is 5.08. The molecular weight excluding hydrogens is 240 g/mol. The smallest absolute Gasteiger partial charge is 0.174 e. The highest BCUT2D eigenvalue weighted by molar-refractivity contribution is 6.30. The lowest BCUT2D eigenvalue weighted by molar-refractivity contribution is 0.474. The average Bonchev–Trinajstić information content (AvgIpc) is 2.33. The van der Waals surface area contributed by atoms with Crippen LogP contribution in [0.25, 0.3) is 0 Å². The highest BCUT2D eigenvalue weighted by Crippen LogP contribution is 2.19. The van der Waals surface area contributed by atoms with E-state index in [1.165, 1.54) is 24.4 Å². The largest absolute Gasteiger partial charge is 0.507 e. The van der Waals surface area contributed by atoms with Crippen molar-refractivity contribution in [1.82, 2.24) is 0 Å². The number of benzene rings is 1.